The van der Waals surface area contributed by atoms with Gasteiger partial charge >= 0.3 is 0 Å². The summed E-state index contributed by atoms with van der Waals surface area (Å²) in [6, 6.07) is 15.4. The fourth-order valence-corrected chi connectivity index (χ4v) is 2.35. The number of aryl methyl sites for hydroxylation is 1. The molecule has 118 valence electrons. The van der Waals surface area contributed by atoms with Crippen molar-refractivity contribution < 1.29 is 9.59 Å². The summed E-state index contributed by atoms with van der Waals surface area (Å²) in [5, 5.41) is 2.67. The van der Waals surface area contributed by atoms with Gasteiger partial charge in [0.15, 0.2) is 0 Å². The molecule has 2 aromatic carbocycles. The predicted molar refractivity (Wildman–Crippen MR) is 90.2 cm³/mol. The quantitative estimate of drug-likeness (QED) is 0.825. The number of nitrogens with zero attached hydrogens (tertiary/aromatic N) is 1. The van der Waals surface area contributed by atoms with Crippen molar-refractivity contribution in [1.82, 2.24) is 5.32 Å². The van der Waals surface area contributed by atoms with Crippen molar-refractivity contribution in [3.8, 4) is 0 Å². The second-order valence-electron chi connectivity index (χ2n) is 5.11. The molecule has 0 aliphatic carbocycles. The lowest BCUT2D eigenvalue weighted by Crippen LogP contribution is -2.41. The van der Waals surface area contributed by atoms with Crippen LogP contribution in [-0.4, -0.2) is 24.6 Å². The lowest BCUT2D eigenvalue weighted by molar-refractivity contribution is -0.124. The van der Waals surface area contributed by atoms with Gasteiger partial charge in [0.2, 0.25) is 5.91 Å². The molecule has 0 aliphatic heterocycles. The Hall–Kier alpha value is -2.95. The van der Waals surface area contributed by atoms with E-state index in [0.29, 0.717) is 5.56 Å². The highest BCUT2D eigenvalue weighted by atomic mass is 16.2. The molecule has 0 aromatic heterocycles. The average Bonchev–Trinajstić information content (AvgIpc) is 2.55. The smallest absolute Gasteiger partial charge is 0.270 e. The van der Waals surface area contributed by atoms with Crippen molar-refractivity contribution >= 4 is 17.5 Å². The maximum Gasteiger partial charge on any atom is 0.270 e. The maximum atomic E-state index is 12.6. The minimum absolute atomic E-state index is 0.269. The highest BCUT2D eigenvalue weighted by Crippen LogP contribution is 2.14. The number of nitrogens with two attached hydrogens (primary N) is 1. The van der Waals surface area contributed by atoms with Crippen LogP contribution in [-0.2, 0) is 9.59 Å². The molecule has 5 nitrogen and oxygen atoms in total. The zero-order valence-corrected chi connectivity index (χ0v) is 13.1. The van der Waals surface area contributed by atoms with Gasteiger partial charge in [0.1, 0.15) is 11.8 Å². The van der Waals surface area contributed by atoms with E-state index in [1.165, 1.54) is 0 Å². The van der Waals surface area contributed by atoms with Crippen molar-refractivity contribution in [1.29, 1.82) is 0 Å². The number of carbonyl (C=O) groups excluding carboxylic acids is 2. The number of rotatable bonds is 5. The Morgan fingerprint density at radius 2 is 1.65 bits per heavy atom. The lowest BCUT2D eigenvalue weighted by atomic mass is 10.0. The van der Waals surface area contributed by atoms with E-state index in [4.69, 9.17) is 5.73 Å². The maximum absolute atomic E-state index is 12.6. The van der Waals surface area contributed by atoms with Crippen LogP contribution >= 0.6 is 0 Å². The van der Waals surface area contributed by atoms with Crippen LogP contribution in [0.15, 0.2) is 59.6 Å². The van der Waals surface area contributed by atoms with E-state index < -0.39 is 17.9 Å². The van der Waals surface area contributed by atoms with Gasteiger partial charge < -0.3 is 11.1 Å². The van der Waals surface area contributed by atoms with Gasteiger partial charge in [-0.2, -0.15) is 0 Å². The number of hydrogen-bond donors (Lipinski definition) is 2. The number of primary amides is 1. The van der Waals surface area contributed by atoms with Crippen LogP contribution in [0.3, 0.4) is 0 Å². The Kier molecular flexibility index (Phi) is 5.25. The molecule has 2 aromatic rings. The number of amides is 2. The molecular weight excluding hydrogens is 290 g/mol. The largest absolute Gasteiger partial charge is 0.368 e. The molecule has 0 saturated carbocycles. The Balaban J connectivity index is 2.28. The van der Waals surface area contributed by atoms with E-state index in [0.717, 1.165) is 11.1 Å². The Morgan fingerprint density at radius 3 is 2.22 bits per heavy atom. The highest BCUT2D eigenvalue weighted by molar-refractivity contribution is 6.45. The SMILES string of the molecule is CN=C(C(=O)NC(C(N)=O)c1ccccc1)c1ccccc1C. The molecule has 0 radical (unpaired) electrons. The highest BCUT2D eigenvalue weighted by Gasteiger charge is 2.23. The summed E-state index contributed by atoms with van der Waals surface area (Å²) < 4.78 is 0. The van der Waals surface area contributed by atoms with Gasteiger partial charge in [0, 0.05) is 12.6 Å². The van der Waals surface area contributed by atoms with Gasteiger partial charge in [-0.05, 0) is 18.1 Å². The first-order valence-corrected chi connectivity index (χ1v) is 7.22. The molecule has 0 saturated heterocycles. The van der Waals surface area contributed by atoms with Crippen LogP contribution in [0.25, 0.3) is 0 Å². The average molecular weight is 309 g/mol. The molecule has 0 spiro atoms. The second-order valence-corrected chi connectivity index (χ2v) is 5.11. The minimum Gasteiger partial charge on any atom is -0.368 e. The van der Waals surface area contributed by atoms with Crippen LogP contribution in [0, 0.1) is 6.92 Å². The molecule has 5 heteroatoms. The van der Waals surface area contributed by atoms with Crippen LogP contribution in [0.5, 0.6) is 0 Å². The summed E-state index contributed by atoms with van der Waals surface area (Å²) in [5.74, 6) is -1.06. The Bertz CT molecular complexity index is 739. The number of hydrogen-bond acceptors (Lipinski definition) is 3. The van der Waals surface area contributed by atoms with Gasteiger partial charge in [-0.1, -0.05) is 54.6 Å². The van der Waals surface area contributed by atoms with Crippen LogP contribution in [0.4, 0.5) is 0 Å². The minimum atomic E-state index is -0.899. The summed E-state index contributed by atoms with van der Waals surface area (Å²) >= 11 is 0. The second kappa shape index (κ2) is 7.35. The number of nitrogens with one attached hydrogen (secondary N) is 1. The van der Waals surface area contributed by atoms with Gasteiger partial charge in [-0.15, -0.1) is 0 Å². The molecule has 3 N–H and O–H groups in total. The summed E-state index contributed by atoms with van der Waals surface area (Å²) in [7, 11) is 1.54. The van der Waals surface area contributed by atoms with E-state index >= 15 is 0 Å². The standard InChI is InChI=1S/C18H19N3O2/c1-12-8-6-7-11-14(12)16(20-2)18(23)21-15(17(19)22)13-9-4-3-5-10-13/h3-11,15H,1-2H3,(H2,19,22)(H,21,23). The fraction of sp³-hybridized carbons (Fsp3) is 0.167. The van der Waals surface area contributed by atoms with Crippen molar-refractivity contribution in [2.24, 2.45) is 10.7 Å². The molecule has 23 heavy (non-hydrogen) atoms. The Morgan fingerprint density at radius 1 is 1.04 bits per heavy atom. The molecule has 0 heterocycles. The zero-order chi connectivity index (χ0) is 16.8. The number of aliphatic imine (C=N–C) groups is 1. The third-order valence-electron chi connectivity index (χ3n) is 3.53. The van der Waals surface area contributed by atoms with Gasteiger partial charge in [0.05, 0.1) is 0 Å². The topological polar surface area (TPSA) is 84.6 Å². The van der Waals surface area contributed by atoms with Gasteiger partial charge in [0.25, 0.3) is 5.91 Å². The fourth-order valence-electron chi connectivity index (χ4n) is 2.35. The van der Waals surface area contributed by atoms with Crippen molar-refractivity contribution in [3.63, 3.8) is 0 Å². The number of carbonyl (C=O) groups is 2. The van der Waals surface area contributed by atoms with Crippen molar-refractivity contribution in [2.75, 3.05) is 7.05 Å². The van der Waals surface area contributed by atoms with Crippen LogP contribution < -0.4 is 11.1 Å². The molecule has 2 rings (SSSR count). The predicted octanol–water partition coefficient (Wildman–Crippen LogP) is 1.76. The third kappa shape index (κ3) is 3.83. The summed E-state index contributed by atoms with van der Waals surface area (Å²) in [6.07, 6.45) is 0. The first kappa shape index (κ1) is 16.4. The van der Waals surface area contributed by atoms with E-state index in [-0.39, 0.29) is 5.71 Å². The third-order valence-corrected chi connectivity index (χ3v) is 3.53. The molecule has 1 unspecified atom stereocenters. The molecule has 1 atom stereocenters. The Labute approximate surface area is 135 Å². The molecule has 0 aliphatic rings. The van der Waals surface area contributed by atoms with Gasteiger partial charge in [-0.25, -0.2) is 0 Å². The van der Waals surface area contributed by atoms with Crippen LogP contribution in [0.1, 0.15) is 22.7 Å². The first-order valence-electron chi connectivity index (χ1n) is 7.22. The van der Waals surface area contributed by atoms with Crippen LogP contribution in [0.2, 0.25) is 0 Å². The number of benzene rings is 2. The van der Waals surface area contributed by atoms with Gasteiger partial charge in [-0.3, -0.25) is 14.6 Å². The lowest BCUT2D eigenvalue weighted by Gasteiger charge is -2.17. The van der Waals surface area contributed by atoms with Crippen molar-refractivity contribution in [3.05, 3.63) is 71.3 Å². The molecule has 2 amide bonds. The molecule has 0 fully saturated rings. The summed E-state index contributed by atoms with van der Waals surface area (Å²) in [6.45, 7) is 1.90. The first-order chi connectivity index (χ1) is 11.0. The summed E-state index contributed by atoms with van der Waals surface area (Å²) in [5.41, 5.74) is 7.99. The normalized spacial score (nSPS) is 12.5. The molecular formula is C18H19N3O2. The summed E-state index contributed by atoms with van der Waals surface area (Å²) in [4.78, 5) is 28.4. The van der Waals surface area contributed by atoms with E-state index in [1.807, 2.05) is 37.3 Å². The van der Waals surface area contributed by atoms with Crippen molar-refractivity contribution in [2.45, 2.75) is 13.0 Å². The van der Waals surface area contributed by atoms with E-state index in [9.17, 15) is 9.59 Å². The van der Waals surface area contributed by atoms with E-state index in [1.54, 1.807) is 31.3 Å². The monoisotopic (exact) mass is 309 g/mol. The molecule has 0 bridgehead atoms. The zero-order valence-electron chi connectivity index (χ0n) is 13.1. The van der Waals surface area contributed by atoms with E-state index in [2.05, 4.69) is 10.3 Å².